The van der Waals surface area contributed by atoms with E-state index in [0.717, 1.165) is 5.39 Å². The molecule has 0 spiro atoms. The average Bonchev–Trinajstić information content (AvgIpc) is 3.27. The topological polar surface area (TPSA) is 96.3 Å². The summed E-state index contributed by atoms with van der Waals surface area (Å²) in [6, 6.07) is 19.3. The van der Waals surface area contributed by atoms with Gasteiger partial charge in [0.25, 0.3) is 5.91 Å². The van der Waals surface area contributed by atoms with E-state index in [9.17, 15) is 9.59 Å². The summed E-state index contributed by atoms with van der Waals surface area (Å²) in [5.74, 6) is 0.423. The lowest BCUT2D eigenvalue weighted by atomic mass is 10.1. The predicted octanol–water partition coefficient (Wildman–Crippen LogP) is 4.40. The van der Waals surface area contributed by atoms with Gasteiger partial charge < -0.3 is 20.4 Å². The number of benzene rings is 2. The van der Waals surface area contributed by atoms with Gasteiger partial charge in [0.15, 0.2) is 0 Å². The highest BCUT2D eigenvalue weighted by atomic mass is 16.3. The molecule has 29 heavy (non-hydrogen) atoms. The van der Waals surface area contributed by atoms with Crippen molar-refractivity contribution < 1.29 is 14.0 Å². The van der Waals surface area contributed by atoms with Crippen molar-refractivity contribution in [3.63, 3.8) is 0 Å². The molecule has 2 heterocycles. The van der Waals surface area contributed by atoms with Crippen LogP contribution in [0, 0.1) is 0 Å². The normalized spacial score (nSPS) is 10.5. The van der Waals surface area contributed by atoms with E-state index in [1.165, 1.54) is 0 Å². The van der Waals surface area contributed by atoms with Crippen LogP contribution in [0.25, 0.3) is 10.9 Å². The summed E-state index contributed by atoms with van der Waals surface area (Å²) in [6.45, 7) is 0.298. The molecule has 2 aromatic heterocycles. The molecular weight excluding hydrogens is 368 g/mol. The monoisotopic (exact) mass is 386 g/mol. The number of rotatable bonds is 5. The molecule has 7 nitrogen and oxygen atoms in total. The average molecular weight is 386 g/mol. The Labute approximate surface area is 166 Å². The highest BCUT2D eigenvalue weighted by molar-refractivity contribution is 6.11. The van der Waals surface area contributed by atoms with Crippen LogP contribution in [0.1, 0.15) is 16.1 Å². The fourth-order valence-electron chi connectivity index (χ4n) is 2.88. The first-order chi connectivity index (χ1) is 14.2. The fraction of sp³-hybridized carbons (Fsp3) is 0.0455. The number of para-hydroxylation sites is 1. The molecule has 3 amide bonds. The van der Waals surface area contributed by atoms with Crippen LogP contribution in [0.4, 0.5) is 16.2 Å². The number of pyridine rings is 1. The number of hydrogen-bond donors (Lipinski definition) is 3. The van der Waals surface area contributed by atoms with Gasteiger partial charge >= 0.3 is 6.03 Å². The van der Waals surface area contributed by atoms with Crippen molar-refractivity contribution in [2.75, 3.05) is 10.6 Å². The van der Waals surface area contributed by atoms with Crippen LogP contribution in [-0.4, -0.2) is 16.9 Å². The minimum Gasteiger partial charge on any atom is -0.467 e. The largest absolute Gasteiger partial charge is 0.467 e. The van der Waals surface area contributed by atoms with Gasteiger partial charge in [-0.1, -0.05) is 18.2 Å². The Hall–Kier alpha value is -4.13. The standard InChI is InChI=1S/C22H18N4O3/c27-21(19-7-1-4-15-5-2-12-23-20(15)19)25-16-8-10-17(11-9-16)26-22(28)24-14-18-6-3-13-29-18/h1-13H,14H2,(H,25,27)(H2,24,26,28). The fourth-order valence-corrected chi connectivity index (χ4v) is 2.88. The number of furan rings is 1. The molecule has 7 heteroatoms. The van der Waals surface area contributed by atoms with Gasteiger partial charge in [0, 0.05) is 23.0 Å². The number of carbonyl (C=O) groups excluding carboxylic acids is 2. The SMILES string of the molecule is O=C(NCc1ccco1)Nc1ccc(NC(=O)c2cccc3cccnc23)cc1. The van der Waals surface area contributed by atoms with Crippen LogP contribution in [0.3, 0.4) is 0 Å². The number of fused-ring (bicyclic) bond motifs is 1. The van der Waals surface area contributed by atoms with Gasteiger partial charge in [-0.2, -0.15) is 0 Å². The molecule has 0 aliphatic carbocycles. The Balaban J connectivity index is 1.37. The van der Waals surface area contributed by atoms with Crippen molar-refractivity contribution in [3.8, 4) is 0 Å². The molecule has 4 rings (SSSR count). The molecule has 0 radical (unpaired) electrons. The quantitative estimate of drug-likeness (QED) is 0.474. The molecular formula is C22H18N4O3. The van der Waals surface area contributed by atoms with E-state index in [1.807, 2.05) is 24.3 Å². The van der Waals surface area contributed by atoms with Gasteiger partial charge in [-0.25, -0.2) is 4.79 Å². The number of aromatic nitrogens is 1. The molecule has 0 saturated carbocycles. The van der Waals surface area contributed by atoms with Gasteiger partial charge in [-0.15, -0.1) is 0 Å². The molecule has 144 valence electrons. The van der Waals surface area contributed by atoms with Gasteiger partial charge in [0.1, 0.15) is 5.76 Å². The van der Waals surface area contributed by atoms with Crippen LogP contribution in [-0.2, 0) is 6.54 Å². The molecule has 3 N–H and O–H groups in total. The summed E-state index contributed by atoms with van der Waals surface area (Å²) >= 11 is 0. The van der Waals surface area contributed by atoms with Crippen LogP contribution < -0.4 is 16.0 Å². The zero-order chi connectivity index (χ0) is 20.1. The first-order valence-corrected chi connectivity index (χ1v) is 9.01. The van der Waals surface area contributed by atoms with E-state index in [2.05, 4.69) is 20.9 Å². The molecule has 0 bridgehead atoms. The smallest absolute Gasteiger partial charge is 0.319 e. The maximum atomic E-state index is 12.6. The van der Waals surface area contributed by atoms with Crippen molar-refractivity contribution in [2.45, 2.75) is 6.54 Å². The molecule has 4 aromatic rings. The Morgan fingerprint density at radius 3 is 2.38 bits per heavy atom. The second-order valence-corrected chi connectivity index (χ2v) is 6.30. The highest BCUT2D eigenvalue weighted by Crippen LogP contribution is 2.19. The first-order valence-electron chi connectivity index (χ1n) is 9.01. The van der Waals surface area contributed by atoms with Gasteiger partial charge in [0.05, 0.1) is 23.9 Å². The number of amides is 3. The second kappa shape index (κ2) is 8.26. The van der Waals surface area contributed by atoms with Gasteiger partial charge in [0.2, 0.25) is 0 Å². The number of anilines is 2. The number of urea groups is 1. The molecule has 0 unspecified atom stereocenters. The highest BCUT2D eigenvalue weighted by Gasteiger charge is 2.11. The Kier molecular flexibility index (Phi) is 5.20. The van der Waals surface area contributed by atoms with Crippen LogP contribution >= 0.6 is 0 Å². The third kappa shape index (κ3) is 4.41. The summed E-state index contributed by atoms with van der Waals surface area (Å²) in [5.41, 5.74) is 2.37. The Morgan fingerprint density at radius 1 is 0.862 bits per heavy atom. The Morgan fingerprint density at radius 2 is 1.62 bits per heavy atom. The molecule has 2 aromatic carbocycles. The number of nitrogens with one attached hydrogen (secondary N) is 3. The zero-order valence-electron chi connectivity index (χ0n) is 15.4. The summed E-state index contributed by atoms with van der Waals surface area (Å²) in [4.78, 5) is 28.9. The van der Waals surface area contributed by atoms with E-state index < -0.39 is 0 Å². The second-order valence-electron chi connectivity index (χ2n) is 6.30. The summed E-state index contributed by atoms with van der Waals surface area (Å²) in [6.07, 6.45) is 3.22. The van der Waals surface area contributed by atoms with Crippen LogP contribution in [0.2, 0.25) is 0 Å². The van der Waals surface area contributed by atoms with Gasteiger partial charge in [-0.3, -0.25) is 9.78 Å². The van der Waals surface area contributed by atoms with E-state index >= 15 is 0 Å². The summed E-state index contributed by atoms with van der Waals surface area (Å²) in [7, 11) is 0. The van der Waals surface area contributed by atoms with E-state index in [0.29, 0.717) is 34.8 Å². The third-order valence-electron chi connectivity index (χ3n) is 4.28. The number of nitrogens with zero attached hydrogens (tertiary/aromatic N) is 1. The molecule has 0 aliphatic heterocycles. The Bertz CT molecular complexity index is 1130. The summed E-state index contributed by atoms with van der Waals surface area (Å²) < 4.78 is 5.16. The van der Waals surface area contributed by atoms with Crippen molar-refractivity contribution in [2.24, 2.45) is 0 Å². The van der Waals surface area contributed by atoms with Crippen molar-refractivity contribution in [1.82, 2.24) is 10.3 Å². The van der Waals surface area contributed by atoms with Gasteiger partial charge in [-0.05, 0) is 48.5 Å². The first kappa shape index (κ1) is 18.2. The molecule has 0 fully saturated rings. The lowest BCUT2D eigenvalue weighted by Crippen LogP contribution is -2.27. The van der Waals surface area contributed by atoms with Crippen LogP contribution in [0.15, 0.2) is 83.6 Å². The van der Waals surface area contributed by atoms with Crippen LogP contribution in [0.5, 0.6) is 0 Å². The predicted molar refractivity (Wildman–Crippen MR) is 111 cm³/mol. The van der Waals surface area contributed by atoms with E-state index in [-0.39, 0.29) is 11.9 Å². The zero-order valence-corrected chi connectivity index (χ0v) is 15.4. The minimum absolute atomic E-state index is 0.244. The third-order valence-corrected chi connectivity index (χ3v) is 4.28. The number of carbonyl (C=O) groups is 2. The lowest BCUT2D eigenvalue weighted by molar-refractivity contribution is 0.102. The molecule has 0 saturated heterocycles. The summed E-state index contributed by atoms with van der Waals surface area (Å²) in [5, 5.41) is 9.18. The maximum absolute atomic E-state index is 12.6. The van der Waals surface area contributed by atoms with Crippen molar-refractivity contribution >= 4 is 34.2 Å². The lowest BCUT2D eigenvalue weighted by Gasteiger charge is -2.09. The minimum atomic E-state index is -0.347. The molecule has 0 atom stereocenters. The van der Waals surface area contributed by atoms with Crippen molar-refractivity contribution in [1.29, 1.82) is 0 Å². The molecule has 0 aliphatic rings. The number of hydrogen-bond acceptors (Lipinski definition) is 4. The van der Waals surface area contributed by atoms with E-state index in [1.54, 1.807) is 54.9 Å². The van der Waals surface area contributed by atoms with E-state index in [4.69, 9.17) is 4.42 Å². The van der Waals surface area contributed by atoms with Crippen molar-refractivity contribution in [3.05, 3.63) is 90.5 Å². The maximum Gasteiger partial charge on any atom is 0.319 e.